The van der Waals surface area contributed by atoms with Crippen LogP contribution in [0.2, 0.25) is 0 Å². The van der Waals surface area contributed by atoms with Gasteiger partial charge in [0.15, 0.2) is 0 Å². The van der Waals surface area contributed by atoms with Crippen LogP contribution in [-0.2, 0) is 6.42 Å². The predicted octanol–water partition coefficient (Wildman–Crippen LogP) is 2.08. The number of nitrogens with two attached hydrogens (primary N) is 1. The maximum absolute atomic E-state index is 5.55. The Hall–Kier alpha value is -1.81. The largest absolute Gasteiger partial charge is 0.494 e. The first kappa shape index (κ1) is 12.6. The molecule has 4 nitrogen and oxygen atoms in total. The Bertz CT molecular complexity index is 502. The number of ether oxygens (including phenoxy) is 1. The normalized spacial score (nSPS) is 10.6. The molecule has 0 atom stereocenters. The van der Waals surface area contributed by atoms with Crippen molar-refractivity contribution in [3.8, 4) is 11.4 Å². The third-order valence-corrected chi connectivity index (χ3v) is 2.73. The summed E-state index contributed by atoms with van der Waals surface area (Å²) >= 11 is 0. The SMILES string of the molecule is CCOc1ccc(-n2nc(CCN)cc2C)cc1. The Labute approximate surface area is 107 Å². The van der Waals surface area contributed by atoms with Gasteiger partial charge in [-0.2, -0.15) is 5.10 Å². The minimum Gasteiger partial charge on any atom is -0.494 e. The molecular weight excluding hydrogens is 226 g/mol. The molecule has 2 N–H and O–H groups in total. The molecule has 1 aromatic heterocycles. The van der Waals surface area contributed by atoms with Crippen LogP contribution in [-0.4, -0.2) is 22.9 Å². The van der Waals surface area contributed by atoms with Crippen LogP contribution in [0.1, 0.15) is 18.3 Å². The summed E-state index contributed by atoms with van der Waals surface area (Å²) in [5, 5.41) is 4.54. The van der Waals surface area contributed by atoms with Crippen LogP contribution in [0.5, 0.6) is 5.75 Å². The van der Waals surface area contributed by atoms with Crippen molar-refractivity contribution in [3.05, 3.63) is 41.7 Å². The van der Waals surface area contributed by atoms with Crippen LogP contribution >= 0.6 is 0 Å². The highest BCUT2D eigenvalue weighted by Crippen LogP contribution is 2.17. The van der Waals surface area contributed by atoms with E-state index >= 15 is 0 Å². The molecule has 1 aromatic carbocycles. The van der Waals surface area contributed by atoms with Crippen molar-refractivity contribution in [2.45, 2.75) is 20.3 Å². The van der Waals surface area contributed by atoms with Crippen molar-refractivity contribution in [1.82, 2.24) is 9.78 Å². The van der Waals surface area contributed by atoms with Gasteiger partial charge in [0.2, 0.25) is 0 Å². The first-order valence-electron chi connectivity index (χ1n) is 6.23. The lowest BCUT2D eigenvalue weighted by atomic mass is 10.3. The van der Waals surface area contributed by atoms with E-state index in [0.717, 1.165) is 29.2 Å². The molecule has 0 spiro atoms. The molecule has 0 aliphatic heterocycles. The van der Waals surface area contributed by atoms with Gasteiger partial charge in [-0.25, -0.2) is 4.68 Å². The Morgan fingerprint density at radius 2 is 2.00 bits per heavy atom. The molecule has 0 bridgehead atoms. The zero-order valence-electron chi connectivity index (χ0n) is 10.9. The van der Waals surface area contributed by atoms with E-state index in [1.54, 1.807) is 0 Å². The average Bonchev–Trinajstić information content (AvgIpc) is 2.72. The summed E-state index contributed by atoms with van der Waals surface area (Å²) in [6.45, 7) is 5.33. The fourth-order valence-electron chi connectivity index (χ4n) is 1.92. The van der Waals surface area contributed by atoms with Gasteiger partial charge in [-0.15, -0.1) is 0 Å². The number of benzene rings is 1. The smallest absolute Gasteiger partial charge is 0.119 e. The van der Waals surface area contributed by atoms with E-state index in [4.69, 9.17) is 10.5 Å². The van der Waals surface area contributed by atoms with E-state index in [1.165, 1.54) is 0 Å². The molecule has 2 aromatic rings. The average molecular weight is 245 g/mol. The van der Waals surface area contributed by atoms with Crippen LogP contribution in [0.4, 0.5) is 0 Å². The van der Waals surface area contributed by atoms with Crippen molar-refractivity contribution in [2.24, 2.45) is 5.73 Å². The van der Waals surface area contributed by atoms with Crippen LogP contribution in [0.15, 0.2) is 30.3 Å². The first-order chi connectivity index (χ1) is 8.74. The maximum Gasteiger partial charge on any atom is 0.119 e. The molecule has 96 valence electrons. The number of rotatable bonds is 5. The second-order valence-electron chi connectivity index (χ2n) is 4.15. The Morgan fingerprint density at radius 3 is 2.61 bits per heavy atom. The Balaban J connectivity index is 2.24. The minimum atomic E-state index is 0.625. The number of aromatic nitrogens is 2. The van der Waals surface area contributed by atoms with Gasteiger partial charge in [-0.3, -0.25) is 0 Å². The molecule has 0 unspecified atom stereocenters. The van der Waals surface area contributed by atoms with Crippen LogP contribution in [0.3, 0.4) is 0 Å². The molecule has 1 heterocycles. The van der Waals surface area contributed by atoms with E-state index in [0.29, 0.717) is 13.2 Å². The predicted molar refractivity (Wildman–Crippen MR) is 72.2 cm³/mol. The summed E-state index contributed by atoms with van der Waals surface area (Å²) in [6.07, 6.45) is 0.810. The van der Waals surface area contributed by atoms with Gasteiger partial charge in [-0.1, -0.05) is 0 Å². The molecule has 18 heavy (non-hydrogen) atoms. The van der Waals surface area contributed by atoms with Crippen molar-refractivity contribution < 1.29 is 4.74 Å². The molecule has 0 saturated carbocycles. The zero-order chi connectivity index (χ0) is 13.0. The highest BCUT2D eigenvalue weighted by Gasteiger charge is 2.05. The van der Waals surface area contributed by atoms with Crippen molar-refractivity contribution >= 4 is 0 Å². The van der Waals surface area contributed by atoms with E-state index in [1.807, 2.05) is 42.8 Å². The molecule has 0 amide bonds. The van der Waals surface area contributed by atoms with E-state index in [-0.39, 0.29) is 0 Å². The fraction of sp³-hybridized carbons (Fsp3) is 0.357. The highest BCUT2D eigenvalue weighted by molar-refractivity contribution is 5.38. The summed E-state index contributed by atoms with van der Waals surface area (Å²) in [6, 6.07) is 10.0. The standard InChI is InChI=1S/C14H19N3O/c1-3-18-14-6-4-13(5-7-14)17-11(2)10-12(16-17)8-9-15/h4-7,10H,3,8-9,15H2,1-2H3. The molecule has 2 rings (SSSR count). The fourth-order valence-corrected chi connectivity index (χ4v) is 1.92. The number of hydrogen-bond acceptors (Lipinski definition) is 3. The zero-order valence-corrected chi connectivity index (χ0v) is 10.9. The third-order valence-electron chi connectivity index (χ3n) is 2.73. The van der Waals surface area contributed by atoms with Gasteiger partial charge in [0.05, 0.1) is 18.0 Å². The number of nitrogens with zero attached hydrogens (tertiary/aromatic N) is 2. The van der Waals surface area contributed by atoms with Gasteiger partial charge in [0.1, 0.15) is 5.75 Å². The molecule has 0 radical (unpaired) electrons. The van der Waals surface area contributed by atoms with Gasteiger partial charge in [0.25, 0.3) is 0 Å². The molecule has 0 saturated heterocycles. The first-order valence-corrected chi connectivity index (χ1v) is 6.23. The van der Waals surface area contributed by atoms with Crippen LogP contribution in [0, 0.1) is 6.92 Å². The number of hydrogen-bond donors (Lipinski definition) is 1. The van der Waals surface area contributed by atoms with Gasteiger partial charge < -0.3 is 10.5 Å². The summed E-state index contributed by atoms with van der Waals surface area (Å²) in [5.41, 5.74) is 8.73. The maximum atomic E-state index is 5.55. The quantitative estimate of drug-likeness (QED) is 0.877. The molecule has 4 heteroatoms. The molecule has 0 aliphatic rings. The monoisotopic (exact) mass is 245 g/mol. The highest BCUT2D eigenvalue weighted by atomic mass is 16.5. The van der Waals surface area contributed by atoms with Crippen LogP contribution < -0.4 is 10.5 Å². The van der Waals surface area contributed by atoms with Crippen molar-refractivity contribution in [2.75, 3.05) is 13.2 Å². The van der Waals surface area contributed by atoms with Gasteiger partial charge in [0, 0.05) is 12.1 Å². The van der Waals surface area contributed by atoms with Crippen molar-refractivity contribution in [3.63, 3.8) is 0 Å². The van der Waals surface area contributed by atoms with Gasteiger partial charge >= 0.3 is 0 Å². The van der Waals surface area contributed by atoms with E-state index in [9.17, 15) is 0 Å². The van der Waals surface area contributed by atoms with Gasteiger partial charge in [-0.05, 0) is 50.7 Å². The summed E-state index contributed by atoms with van der Waals surface area (Å²) in [4.78, 5) is 0. The second kappa shape index (κ2) is 5.69. The summed E-state index contributed by atoms with van der Waals surface area (Å²) in [5.74, 6) is 0.883. The molecular formula is C14H19N3O. The summed E-state index contributed by atoms with van der Waals surface area (Å²) < 4.78 is 7.36. The topological polar surface area (TPSA) is 53.1 Å². The molecule has 0 fully saturated rings. The van der Waals surface area contributed by atoms with Crippen LogP contribution in [0.25, 0.3) is 5.69 Å². The number of aryl methyl sites for hydroxylation is 1. The Kier molecular flexibility index (Phi) is 3.99. The Morgan fingerprint density at radius 1 is 1.28 bits per heavy atom. The minimum absolute atomic E-state index is 0.625. The lowest BCUT2D eigenvalue weighted by Crippen LogP contribution is -2.04. The van der Waals surface area contributed by atoms with Crippen molar-refractivity contribution in [1.29, 1.82) is 0 Å². The third kappa shape index (κ3) is 2.71. The molecule has 0 aliphatic carbocycles. The lowest BCUT2D eigenvalue weighted by Gasteiger charge is -2.06. The van der Waals surface area contributed by atoms with E-state index < -0.39 is 0 Å². The second-order valence-corrected chi connectivity index (χ2v) is 4.15. The lowest BCUT2D eigenvalue weighted by molar-refractivity contribution is 0.340. The van der Waals surface area contributed by atoms with E-state index in [2.05, 4.69) is 11.2 Å². The summed E-state index contributed by atoms with van der Waals surface area (Å²) in [7, 11) is 0.